The number of rotatable bonds is 4. The Morgan fingerprint density at radius 1 is 1.38 bits per heavy atom. The van der Waals surface area contributed by atoms with Gasteiger partial charge >= 0.3 is 0 Å². The van der Waals surface area contributed by atoms with E-state index in [1.807, 2.05) is 13.0 Å². The van der Waals surface area contributed by atoms with Crippen molar-refractivity contribution in [3.05, 3.63) is 23.3 Å². The number of phenols is 1. The summed E-state index contributed by atoms with van der Waals surface area (Å²) in [5, 5.41) is 20.0. The lowest BCUT2D eigenvalue weighted by atomic mass is 9.97. The first-order valence-corrected chi connectivity index (χ1v) is 5.70. The predicted molar refractivity (Wildman–Crippen MR) is 61.9 cm³/mol. The van der Waals surface area contributed by atoms with Crippen molar-refractivity contribution >= 4 is 0 Å². The van der Waals surface area contributed by atoms with Crippen LogP contribution in [0.3, 0.4) is 0 Å². The Hall–Kier alpha value is -1.22. The minimum absolute atomic E-state index is 0.183. The van der Waals surface area contributed by atoms with Crippen LogP contribution < -0.4 is 4.74 Å². The monoisotopic (exact) mass is 222 g/mol. The number of hydrogen-bond donors (Lipinski definition) is 2. The highest BCUT2D eigenvalue weighted by Gasteiger charge is 2.41. The van der Waals surface area contributed by atoms with E-state index in [1.165, 1.54) is 7.11 Å². The lowest BCUT2D eigenvalue weighted by Gasteiger charge is -2.15. The molecule has 0 aromatic heterocycles. The average Bonchev–Trinajstić information content (AvgIpc) is 2.99. The summed E-state index contributed by atoms with van der Waals surface area (Å²) >= 11 is 0. The first-order valence-electron chi connectivity index (χ1n) is 5.70. The molecule has 2 N–H and O–H groups in total. The van der Waals surface area contributed by atoms with Crippen molar-refractivity contribution in [3.8, 4) is 11.5 Å². The molecule has 1 aromatic rings. The second-order valence-electron chi connectivity index (χ2n) is 4.51. The van der Waals surface area contributed by atoms with Crippen molar-refractivity contribution in [3.63, 3.8) is 0 Å². The molecule has 0 heterocycles. The van der Waals surface area contributed by atoms with Gasteiger partial charge in [0.15, 0.2) is 11.5 Å². The van der Waals surface area contributed by atoms with Gasteiger partial charge < -0.3 is 14.9 Å². The second kappa shape index (κ2) is 3.98. The maximum absolute atomic E-state index is 10.1. The maximum atomic E-state index is 10.1. The Labute approximate surface area is 95.7 Å². The summed E-state index contributed by atoms with van der Waals surface area (Å²) in [5.74, 6) is 0.665. The molecule has 1 fully saturated rings. The molecule has 0 atom stereocenters. The number of benzene rings is 1. The molecule has 0 saturated heterocycles. The summed E-state index contributed by atoms with van der Waals surface area (Å²) < 4.78 is 5.09. The quantitative estimate of drug-likeness (QED) is 0.819. The maximum Gasteiger partial charge on any atom is 0.161 e. The zero-order valence-electron chi connectivity index (χ0n) is 9.79. The molecule has 0 amide bonds. The van der Waals surface area contributed by atoms with Gasteiger partial charge in [-0.15, -0.1) is 0 Å². The van der Waals surface area contributed by atoms with E-state index >= 15 is 0 Å². The van der Waals surface area contributed by atoms with E-state index < -0.39 is 5.60 Å². The van der Waals surface area contributed by atoms with Crippen LogP contribution in [0.2, 0.25) is 0 Å². The van der Waals surface area contributed by atoms with Gasteiger partial charge in [0.05, 0.1) is 12.7 Å². The van der Waals surface area contributed by atoms with Gasteiger partial charge in [-0.3, -0.25) is 0 Å². The number of aromatic hydroxyl groups is 1. The van der Waals surface area contributed by atoms with E-state index in [2.05, 4.69) is 0 Å². The summed E-state index contributed by atoms with van der Waals surface area (Å²) in [6, 6.07) is 3.73. The third kappa shape index (κ3) is 2.00. The number of phenolic OH excluding ortho intramolecular Hbond substituents is 1. The van der Waals surface area contributed by atoms with Gasteiger partial charge in [0.1, 0.15) is 0 Å². The molecule has 0 unspecified atom stereocenters. The van der Waals surface area contributed by atoms with Gasteiger partial charge in [-0.25, -0.2) is 0 Å². The van der Waals surface area contributed by atoms with Crippen LogP contribution >= 0.6 is 0 Å². The molecule has 0 radical (unpaired) electrons. The Bertz CT molecular complexity index is 394. The van der Waals surface area contributed by atoms with Crippen LogP contribution in [-0.4, -0.2) is 22.9 Å². The van der Waals surface area contributed by atoms with E-state index in [4.69, 9.17) is 4.74 Å². The van der Waals surface area contributed by atoms with E-state index in [1.54, 1.807) is 6.07 Å². The lowest BCUT2D eigenvalue weighted by Crippen LogP contribution is -2.12. The van der Waals surface area contributed by atoms with Crippen LogP contribution in [0.15, 0.2) is 12.1 Å². The van der Waals surface area contributed by atoms with Crippen molar-refractivity contribution in [1.29, 1.82) is 0 Å². The van der Waals surface area contributed by atoms with Crippen LogP contribution in [0.25, 0.3) is 0 Å². The van der Waals surface area contributed by atoms with Crippen LogP contribution in [0, 0.1) is 0 Å². The Morgan fingerprint density at radius 2 is 2.06 bits per heavy atom. The number of aliphatic hydroxyl groups is 1. The van der Waals surface area contributed by atoms with Crippen molar-refractivity contribution in [2.24, 2.45) is 0 Å². The Morgan fingerprint density at radius 3 is 2.56 bits per heavy atom. The number of aryl methyl sites for hydroxylation is 1. The summed E-state index contributed by atoms with van der Waals surface area (Å²) in [6.07, 6.45) is 3.03. The molecule has 1 aliphatic carbocycles. The molecule has 0 spiro atoms. The molecule has 0 aliphatic heterocycles. The number of methoxy groups -OCH3 is 1. The molecule has 3 heteroatoms. The van der Waals surface area contributed by atoms with Crippen LogP contribution in [0.5, 0.6) is 11.5 Å². The molecule has 0 bridgehead atoms. The SMILES string of the molecule is CCc1ccc(OC)c(O)c1CC1(O)CC1. The first kappa shape index (κ1) is 11.3. The summed E-state index contributed by atoms with van der Waals surface area (Å²) in [4.78, 5) is 0. The summed E-state index contributed by atoms with van der Waals surface area (Å²) in [5.41, 5.74) is 1.33. The smallest absolute Gasteiger partial charge is 0.161 e. The largest absolute Gasteiger partial charge is 0.504 e. The zero-order chi connectivity index (χ0) is 11.8. The first-order chi connectivity index (χ1) is 7.59. The fourth-order valence-electron chi connectivity index (χ4n) is 2.00. The van der Waals surface area contributed by atoms with Gasteiger partial charge in [0.25, 0.3) is 0 Å². The molecule has 1 aliphatic rings. The highest BCUT2D eigenvalue weighted by atomic mass is 16.5. The third-order valence-corrected chi connectivity index (χ3v) is 3.28. The van der Waals surface area contributed by atoms with Gasteiger partial charge in [0.2, 0.25) is 0 Å². The topological polar surface area (TPSA) is 49.7 Å². The minimum Gasteiger partial charge on any atom is -0.504 e. The zero-order valence-corrected chi connectivity index (χ0v) is 9.79. The highest BCUT2D eigenvalue weighted by Crippen LogP contribution is 2.43. The van der Waals surface area contributed by atoms with Crippen LogP contribution in [0.4, 0.5) is 0 Å². The van der Waals surface area contributed by atoms with Crippen molar-refractivity contribution in [2.75, 3.05) is 7.11 Å². The van der Waals surface area contributed by atoms with Crippen molar-refractivity contribution in [2.45, 2.75) is 38.2 Å². The Balaban J connectivity index is 2.38. The Kier molecular flexibility index (Phi) is 2.80. The molecular formula is C13H18O3. The standard InChI is InChI=1S/C13H18O3/c1-3-9-4-5-11(16-2)12(14)10(9)8-13(15)6-7-13/h4-5,14-15H,3,6-8H2,1-2H3. The van der Waals surface area contributed by atoms with Crippen LogP contribution in [-0.2, 0) is 12.8 Å². The normalized spacial score (nSPS) is 17.2. The predicted octanol–water partition coefficient (Wildman–Crippen LogP) is 2.03. The summed E-state index contributed by atoms with van der Waals surface area (Å²) in [6.45, 7) is 2.04. The van der Waals surface area contributed by atoms with Gasteiger partial charge in [-0.05, 0) is 30.9 Å². The number of ether oxygens (including phenoxy) is 1. The van der Waals surface area contributed by atoms with E-state index in [-0.39, 0.29) is 5.75 Å². The highest BCUT2D eigenvalue weighted by molar-refractivity contribution is 5.50. The molecule has 88 valence electrons. The van der Waals surface area contributed by atoms with E-state index in [9.17, 15) is 10.2 Å². The van der Waals surface area contributed by atoms with E-state index in [0.29, 0.717) is 12.2 Å². The molecular weight excluding hydrogens is 204 g/mol. The minimum atomic E-state index is -0.590. The molecule has 1 aromatic carbocycles. The fourth-order valence-corrected chi connectivity index (χ4v) is 2.00. The molecule has 3 nitrogen and oxygen atoms in total. The van der Waals surface area contributed by atoms with Crippen molar-refractivity contribution < 1.29 is 14.9 Å². The van der Waals surface area contributed by atoms with Gasteiger partial charge in [-0.2, -0.15) is 0 Å². The average molecular weight is 222 g/mol. The van der Waals surface area contributed by atoms with Crippen molar-refractivity contribution in [1.82, 2.24) is 0 Å². The second-order valence-corrected chi connectivity index (χ2v) is 4.51. The van der Waals surface area contributed by atoms with Crippen LogP contribution in [0.1, 0.15) is 30.9 Å². The fraction of sp³-hybridized carbons (Fsp3) is 0.538. The number of hydrogen-bond acceptors (Lipinski definition) is 3. The molecule has 16 heavy (non-hydrogen) atoms. The lowest BCUT2D eigenvalue weighted by molar-refractivity contribution is 0.149. The van der Waals surface area contributed by atoms with Gasteiger partial charge in [0, 0.05) is 12.0 Å². The van der Waals surface area contributed by atoms with Gasteiger partial charge in [-0.1, -0.05) is 13.0 Å². The molecule has 1 saturated carbocycles. The third-order valence-electron chi connectivity index (χ3n) is 3.28. The molecule has 2 rings (SSSR count). The van der Waals surface area contributed by atoms with E-state index in [0.717, 1.165) is 30.4 Å². The summed E-state index contributed by atoms with van der Waals surface area (Å²) in [7, 11) is 1.54.